The molecule has 1 N–H and O–H groups in total. The maximum Gasteiger partial charge on any atom is 0.0483 e. The van der Waals surface area contributed by atoms with Crippen LogP contribution in [0.3, 0.4) is 0 Å². The molecule has 0 atom stereocenters. The van der Waals surface area contributed by atoms with E-state index in [1.165, 1.54) is 55.4 Å². The summed E-state index contributed by atoms with van der Waals surface area (Å²) < 4.78 is 2.41. The second-order valence-electron chi connectivity index (χ2n) is 5.83. The van der Waals surface area contributed by atoms with Gasteiger partial charge in [0.2, 0.25) is 0 Å². The van der Waals surface area contributed by atoms with Gasteiger partial charge >= 0.3 is 0 Å². The van der Waals surface area contributed by atoms with Gasteiger partial charge in [-0.1, -0.05) is 12.1 Å². The van der Waals surface area contributed by atoms with E-state index in [1.54, 1.807) is 0 Å². The summed E-state index contributed by atoms with van der Waals surface area (Å²) in [6.45, 7) is 5.92. The Morgan fingerprint density at radius 3 is 2.75 bits per heavy atom. The lowest BCUT2D eigenvalue weighted by Crippen LogP contribution is -2.21. The van der Waals surface area contributed by atoms with Crippen LogP contribution in [0.1, 0.15) is 24.8 Å². The Morgan fingerprint density at radius 2 is 1.95 bits per heavy atom. The summed E-state index contributed by atoms with van der Waals surface area (Å²) in [5.74, 6) is 0. The van der Waals surface area contributed by atoms with E-state index >= 15 is 0 Å². The average molecular weight is 271 g/mol. The Balaban J connectivity index is 1.65. The van der Waals surface area contributed by atoms with Gasteiger partial charge in [-0.15, -0.1) is 0 Å². The quantitative estimate of drug-likeness (QED) is 0.872. The van der Waals surface area contributed by atoms with E-state index in [1.807, 2.05) is 7.05 Å². The summed E-state index contributed by atoms with van der Waals surface area (Å²) in [6, 6.07) is 9.00. The Morgan fingerprint density at radius 1 is 1.10 bits per heavy atom. The van der Waals surface area contributed by atoms with Crippen molar-refractivity contribution in [2.24, 2.45) is 0 Å². The largest absolute Gasteiger partial charge is 0.347 e. The van der Waals surface area contributed by atoms with E-state index in [4.69, 9.17) is 0 Å². The number of hydrogen-bond donors (Lipinski definition) is 1. The zero-order valence-electron chi connectivity index (χ0n) is 12.4. The van der Waals surface area contributed by atoms with E-state index in [-0.39, 0.29) is 0 Å². The smallest absolute Gasteiger partial charge is 0.0483 e. The molecule has 0 amide bonds. The van der Waals surface area contributed by atoms with Gasteiger partial charge in [0, 0.05) is 24.8 Å². The normalized spacial score (nSPS) is 16.2. The number of hydrogen-bond acceptors (Lipinski definition) is 2. The van der Waals surface area contributed by atoms with E-state index < -0.39 is 0 Å². The summed E-state index contributed by atoms with van der Waals surface area (Å²) in [4.78, 5) is 2.60. The van der Waals surface area contributed by atoms with E-state index in [9.17, 15) is 0 Å². The van der Waals surface area contributed by atoms with Gasteiger partial charge in [-0.2, -0.15) is 0 Å². The molecule has 1 aliphatic rings. The van der Waals surface area contributed by atoms with Crippen LogP contribution in [0.25, 0.3) is 10.9 Å². The first-order valence-electron chi connectivity index (χ1n) is 7.81. The zero-order chi connectivity index (χ0) is 13.8. The van der Waals surface area contributed by atoms with Crippen LogP contribution in [-0.2, 0) is 13.1 Å². The predicted molar refractivity (Wildman–Crippen MR) is 85.0 cm³/mol. The average Bonchev–Trinajstić information content (AvgIpc) is 3.09. The van der Waals surface area contributed by atoms with Crippen LogP contribution in [0.15, 0.2) is 30.5 Å². The number of likely N-dealkylation sites (tertiary alicyclic amines) is 1. The minimum Gasteiger partial charge on any atom is -0.347 e. The molecule has 1 aromatic heterocycles. The van der Waals surface area contributed by atoms with Crippen LogP contribution in [-0.4, -0.2) is 36.1 Å². The van der Waals surface area contributed by atoms with Crippen molar-refractivity contribution >= 4 is 10.9 Å². The summed E-state index contributed by atoms with van der Waals surface area (Å²) in [6.07, 6.45) is 6.26. The molecular formula is C17H25N3. The van der Waals surface area contributed by atoms with Gasteiger partial charge in [0.1, 0.15) is 0 Å². The Bertz CT molecular complexity index is 552. The van der Waals surface area contributed by atoms with Crippen LogP contribution in [0.2, 0.25) is 0 Å². The fraction of sp³-hybridized carbons (Fsp3) is 0.529. The maximum absolute atomic E-state index is 3.22. The van der Waals surface area contributed by atoms with Gasteiger partial charge in [0.05, 0.1) is 0 Å². The Labute approximate surface area is 121 Å². The highest BCUT2D eigenvalue weighted by Gasteiger charge is 2.10. The van der Waals surface area contributed by atoms with Crippen molar-refractivity contribution in [1.82, 2.24) is 14.8 Å². The fourth-order valence-electron chi connectivity index (χ4n) is 3.21. The standard InChI is InChI=1S/C17H25N3/c1-18-14-15-5-6-16-7-12-20(17(16)13-15)11-4-10-19-8-2-3-9-19/h5-7,12-13,18H,2-4,8-11,14H2,1H3. The van der Waals surface area contributed by atoms with E-state index in [2.05, 4.69) is 45.2 Å². The minimum absolute atomic E-state index is 0.939. The molecule has 0 spiro atoms. The van der Waals surface area contributed by atoms with Gasteiger partial charge < -0.3 is 14.8 Å². The van der Waals surface area contributed by atoms with Crippen molar-refractivity contribution in [3.63, 3.8) is 0 Å². The molecule has 0 radical (unpaired) electrons. The highest BCUT2D eigenvalue weighted by atomic mass is 15.1. The lowest BCUT2D eigenvalue weighted by Gasteiger charge is -2.14. The van der Waals surface area contributed by atoms with Gasteiger partial charge in [-0.3, -0.25) is 0 Å². The molecule has 2 aromatic rings. The summed E-state index contributed by atoms with van der Waals surface area (Å²) in [5.41, 5.74) is 2.73. The second-order valence-corrected chi connectivity index (χ2v) is 5.83. The van der Waals surface area contributed by atoms with Crippen LogP contribution in [0, 0.1) is 0 Å². The molecule has 1 saturated heterocycles. The van der Waals surface area contributed by atoms with Gasteiger partial charge in [-0.05, 0) is 69.0 Å². The summed E-state index contributed by atoms with van der Waals surface area (Å²) >= 11 is 0. The van der Waals surface area contributed by atoms with Crippen molar-refractivity contribution in [3.05, 3.63) is 36.0 Å². The highest BCUT2D eigenvalue weighted by molar-refractivity contribution is 5.80. The molecule has 3 heteroatoms. The first-order chi connectivity index (χ1) is 9.86. The first-order valence-corrected chi connectivity index (χ1v) is 7.81. The first kappa shape index (κ1) is 13.7. The van der Waals surface area contributed by atoms with Crippen LogP contribution in [0.4, 0.5) is 0 Å². The molecule has 108 valence electrons. The maximum atomic E-state index is 3.22. The van der Waals surface area contributed by atoms with Crippen molar-refractivity contribution in [3.8, 4) is 0 Å². The number of fused-ring (bicyclic) bond motifs is 1. The minimum atomic E-state index is 0.939. The third-order valence-corrected chi connectivity index (χ3v) is 4.29. The van der Waals surface area contributed by atoms with Crippen molar-refractivity contribution < 1.29 is 0 Å². The molecule has 1 fully saturated rings. The molecule has 0 saturated carbocycles. The van der Waals surface area contributed by atoms with Crippen molar-refractivity contribution in [2.75, 3.05) is 26.7 Å². The Hall–Kier alpha value is -1.32. The summed E-state index contributed by atoms with van der Waals surface area (Å²) in [7, 11) is 2.00. The lowest BCUT2D eigenvalue weighted by molar-refractivity contribution is 0.326. The molecule has 1 aliphatic heterocycles. The molecule has 2 heterocycles. The predicted octanol–water partition coefficient (Wildman–Crippen LogP) is 2.85. The molecule has 3 rings (SSSR count). The van der Waals surface area contributed by atoms with Gasteiger partial charge in [0.15, 0.2) is 0 Å². The zero-order valence-corrected chi connectivity index (χ0v) is 12.4. The number of nitrogens with zero attached hydrogens (tertiary/aromatic N) is 2. The van der Waals surface area contributed by atoms with E-state index in [0.717, 1.165) is 13.1 Å². The van der Waals surface area contributed by atoms with Crippen molar-refractivity contribution in [1.29, 1.82) is 0 Å². The number of aromatic nitrogens is 1. The van der Waals surface area contributed by atoms with Crippen LogP contribution >= 0.6 is 0 Å². The van der Waals surface area contributed by atoms with Crippen LogP contribution in [0.5, 0.6) is 0 Å². The molecule has 3 nitrogen and oxygen atoms in total. The fourth-order valence-corrected chi connectivity index (χ4v) is 3.21. The molecule has 1 aromatic carbocycles. The van der Waals surface area contributed by atoms with Gasteiger partial charge in [-0.25, -0.2) is 0 Å². The summed E-state index contributed by atoms with van der Waals surface area (Å²) in [5, 5.41) is 4.58. The molecular weight excluding hydrogens is 246 g/mol. The highest BCUT2D eigenvalue weighted by Crippen LogP contribution is 2.18. The topological polar surface area (TPSA) is 20.2 Å². The number of aryl methyl sites for hydroxylation is 1. The lowest BCUT2D eigenvalue weighted by atomic mass is 10.1. The molecule has 0 bridgehead atoms. The van der Waals surface area contributed by atoms with Gasteiger partial charge in [0.25, 0.3) is 0 Å². The van der Waals surface area contributed by atoms with E-state index in [0.29, 0.717) is 0 Å². The molecule has 0 unspecified atom stereocenters. The number of nitrogens with one attached hydrogen (secondary N) is 1. The third kappa shape index (κ3) is 3.05. The third-order valence-electron chi connectivity index (χ3n) is 4.29. The molecule has 20 heavy (non-hydrogen) atoms. The van der Waals surface area contributed by atoms with Crippen molar-refractivity contribution in [2.45, 2.75) is 32.4 Å². The second kappa shape index (κ2) is 6.42. The molecule has 0 aliphatic carbocycles. The Kier molecular flexibility index (Phi) is 4.38. The number of benzene rings is 1. The monoisotopic (exact) mass is 271 g/mol. The van der Waals surface area contributed by atoms with Crippen LogP contribution < -0.4 is 5.32 Å². The number of rotatable bonds is 6. The SMILES string of the molecule is CNCc1ccc2ccn(CCCN3CCCC3)c2c1.